The number of aromatic nitrogens is 1. The van der Waals surface area contributed by atoms with Gasteiger partial charge in [-0.1, -0.05) is 0 Å². The number of anilines is 1. The van der Waals surface area contributed by atoms with Gasteiger partial charge in [0.1, 0.15) is 0 Å². The van der Waals surface area contributed by atoms with Crippen LogP contribution in [0.3, 0.4) is 0 Å². The van der Waals surface area contributed by atoms with Gasteiger partial charge in [0.15, 0.2) is 5.78 Å². The fraction of sp³-hybridized carbons (Fsp3) is 0.100. The lowest BCUT2D eigenvalue weighted by Gasteiger charge is -1.95. The van der Waals surface area contributed by atoms with Crippen LogP contribution in [0.25, 0.3) is 10.9 Å². The predicted octanol–water partition coefficient (Wildman–Crippen LogP) is 2.43. The summed E-state index contributed by atoms with van der Waals surface area (Å²) >= 11 is 5.90. The third-order valence-electron chi connectivity index (χ3n) is 2.16. The first kappa shape index (κ1) is 9.09. The first-order chi connectivity index (χ1) is 6.59. The minimum atomic E-state index is -0.0139. The van der Waals surface area contributed by atoms with Gasteiger partial charge >= 0.3 is 0 Å². The number of hydrogen-bond acceptors (Lipinski definition) is 2. The average molecular weight is 209 g/mol. The third kappa shape index (κ3) is 1.26. The minimum absolute atomic E-state index is 0.0139. The van der Waals surface area contributed by atoms with Gasteiger partial charge in [-0.25, -0.2) is 0 Å². The lowest BCUT2D eigenvalue weighted by Crippen LogP contribution is -1.89. The van der Waals surface area contributed by atoms with Crippen LogP contribution in [0.2, 0.25) is 0 Å². The van der Waals surface area contributed by atoms with Crippen molar-refractivity contribution in [2.45, 2.75) is 6.92 Å². The summed E-state index contributed by atoms with van der Waals surface area (Å²) in [4.78, 5) is 11.3. The van der Waals surface area contributed by atoms with E-state index in [2.05, 4.69) is 0 Å². The number of Topliss-reactive ketones (excluding diaryl/α,β-unsaturated/α-hetero) is 1. The Bertz CT molecular complexity index is 516. The quantitative estimate of drug-likeness (QED) is 0.578. The van der Waals surface area contributed by atoms with E-state index < -0.39 is 0 Å². The molecular formula is C10H9ClN2O. The van der Waals surface area contributed by atoms with Crippen molar-refractivity contribution in [1.29, 1.82) is 0 Å². The molecule has 1 aromatic heterocycles. The number of carbonyl (C=O) groups is 1. The number of nitrogen functional groups attached to an aromatic ring is 1. The molecule has 1 aromatic carbocycles. The average Bonchev–Trinajstić information content (AvgIpc) is 2.43. The summed E-state index contributed by atoms with van der Waals surface area (Å²) in [6, 6.07) is 5.31. The smallest absolute Gasteiger partial charge is 0.162 e. The van der Waals surface area contributed by atoms with Crippen LogP contribution < -0.4 is 5.73 Å². The molecule has 2 aromatic rings. The van der Waals surface area contributed by atoms with Crippen LogP contribution in [-0.2, 0) is 0 Å². The Morgan fingerprint density at radius 1 is 1.50 bits per heavy atom. The minimum Gasteiger partial charge on any atom is -0.399 e. The number of fused-ring (bicyclic) bond motifs is 1. The highest BCUT2D eigenvalue weighted by molar-refractivity contribution is 6.21. The van der Waals surface area contributed by atoms with E-state index in [0.29, 0.717) is 11.3 Å². The number of ketones is 1. The van der Waals surface area contributed by atoms with Crippen molar-refractivity contribution >= 4 is 34.2 Å². The molecule has 2 N–H and O–H groups in total. The van der Waals surface area contributed by atoms with Crippen LogP contribution in [0.15, 0.2) is 24.4 Å². The zero-order valence-corrected chi connectivity index (χ0v) is 8.38. The molecule has 0 amide bonds. The number of hydrogen-bond donors (Lipinski definition) is 1. The monoisotopic (exact) mass is 208 g/mol. The number of benzene rings is 1. The van der Waals surface area contributed by atoms with E-state index >= 15 is 0 Å². The molecule has 0 saturated carbocycles. The van der Waals surface area contributed by atoms with E-state index in [0.717, 1.165) is 10.9 Å². The maximum atomic E-state index is 11.3. The molecule has 72 valence electrons. The molecule has 0 spiro atoms. The summed E-state index contributed by atoms with van der Waals surface area (Å²) in [7, 11) is 0. The number of nitrogens with two attached hydrogens (primary N) is 1. The van der Waals surface area contributed by atoms with Gasteiger partial charge in [0.2, 0.25) is 0 Å². The maximum absolute atomic E-state index is 11.3. The van der Waals surface area contributed by atoms with Crippen molar-refractivity contribution in [2.24, 2.45) is 0 Å². The molecule has 14 heavy (non-hydrogen) atoms. The van der Waals surface area contributed by atoms with Gasteiger partial charge in [-0.3, -0.25) is 8.88 Å². The molecule has 0 saturated heterocycles. The normalized spacial score (nSPS) is 10.7. The molecular weight excluding hydrogens is 200 g/mol. The molecule has 0 atom stereocenters. The molecule has 2 rings (SSSR count). The summed E-state index contributed by atoms with van der Waals surface area (Å²) in [6.45, 7) is 1.51. The lowest BCUT2D eigenvalue weighted by molar-refractivity contribution is 0.101. The van der Waals surface area contributed by atoms with Gasteiger partial charge in [-0.15, -0.1) is 0 Å². The summed E-state index contributed by atoms with van der Waals surface area (Å²) < 4.78 is 1.41. The van der Waals surface area contributed by atoms with Crippen molar-refractivity contribution in [3.05, 3.63) is 30.0 Å². The van der Waals surface area contributed by atoms with E-state index in [1.165, 1.54) is 11.0 Å². The standard InChI is InChI=1S/C10H9ClN2O/c1-6(14)9-5-13(11)10-3-2-7(12)4-8(9)10/h2-5H,12H2,1H3. The van der Waals surface area contributed by atoms with Crippen LogP contribution >= 0.6 is 11.8 Å². The second-order valence-corrected chi connectivity index (χ2v) is 3.55. The Hall–Kier alpha value is -1.48. The van der Waals surface area contributed by atoms with Crippen molar-refractivity contribution in [1.82, 2.24) is 4.09 Å². The Labute approximate surface area is 86.2 Å². The zero-order chi connectivity index (χ0) is 10.3. The molecule has 1 heterocycles. The van der Waals surface area contributed by atoms with Crippen LogP contribution in [0.1, 0.15) is 17.3 Å². The highest BCUT2D eigenvalue weighted by Crippen LogP contribution is 2.24. The Morgan fingerprint density at radius 2 is 2.21 bits per heavy atom. The van der Waals surface area contributed by atoms with Crippen LogP contribution in [0.5, 0.6) is 0 Å². The van der Waals surface area contributed by atoms with Gasteiger partial charge in [0.05, 0.1) is 5.52 Å². The topological polar surface area (TPSA) is 48.0 Å². The van der Waals surface area contributed by atoms with E-state index in [9.17, 15) is 4.79 Å². The van der Waals surface area contributed by atoms with Crippen molar-refractivity contribution in [3.8, 4) is 0 Å². The molecule has 0 unspecified atom stereocenters. The molecule has 0 radical (unpaired) electrons. The Morgan fingerprint density at radius 3 is 2.86 bits per heavy atom. The van der Waals surface area contributed by atoms with Gasteiger partial charge < -0.3 is 5.73 Å². The highest BCUT2D eigenvalue weighted by Gasteiger charge is 2.10. The fourth-order valence-corrected chi connectivity index (χ4v) is 1.73. The van der Waals surface area contributed by atoms with Gasteiger partial charge in [-0.05, 0) is 25.1 Å². The van der Waals surface area contributed by atoms with Gasteiger partial charge in [-0.2, -0.15) is 0 Å². The molecule has 0 aliphatic rings. The Balaban J connectivity index is 2.85. The molecule has 0 aliphatic carbocycles. The molecule has 3 nitrogen and oxygen atoms in total. The highest BCUT2D eigenvalue weighted by atomic mass is 35.5. The van der Waals surface area contributed by atoms with E-state index in [1.54, 1.807) is 24.4 Å². The summed E-state index contributed by atoms with van der Waals surface area (Å²) in [6.07, 6.45) is 1.61. The van der Waals surface area contributed by atoms with Crippen LogP contribution in [0.4, 0.5) is 5.69 Å². The largest absolute Gasteiger partial charge is 0.399 e. The van der Waals surface area contributed by atoms with Gasteiger partial charge in [0, 0.05) is 34.6 Å². The molecule has 4 heteroatoms. The second-order valence-electron chi connectivity index (χ2n) is 3.19. The van der Waals surface area contributed by atoms with E-state index in [1.807, 2.05) is 0 Å². The Kier molecular flexibility index (Phi) is 1.97. The number of rotatable bonds is 1. The summed E-state index contributed by atoms with van der Waals surface area (Å²) in [5.41, 5.74) is 7.66. The lowest BCUT2D eigenvalue weighted by atomic mass is 10.1. The zero-order valence-electron chi connectivity index (χ0n) is 7.62. The third-order valence-corrected chi connectivity index (χ3v) is 2.44. The molecule has 0 fully saturated rings. The van der Waals surface area contributed by atoms with E-state index in [4.69, 9.17) is 17.5 Å². The maximum Gasteiger partial charge on any atom is 0.162 e. The van der Waals surface area contributed by atoms with Crippen LogP contribution in [-0.4, -0.2) is 9.87 Å². The van der Waals surface area contributed by atoms with Crippen molar-refractivity contribution in [2.75, 3.05) is 5.73 Å². The SMILES string of the molecule is CC(=O)c1cn(Cl)c2ccc(N)cc12. The molecule has 0 aliphatic heterocycles. The van der Waals surface area contributed by atoms with Crippen molar-refractivity contribution in [3.63, 3.8) is 0 Å². The summed E-state index contributed by atoms with van der Waals surface area (Å²) in [5, 5.41) is 0.799. The number of carbonyl (C=O) groups excluding carboxylic acids is 1. The first-order valence-corrected chi connectivity index (χ1v) is 4.51. The fourth-order valence-electron chi connectivity index (χ4n) is 1.49. The van der Waals surface area contributed by atoms with Crippen molar-refractivity contribution < 1.29 is 4.79 Å². The predicted molar refractivity (Wildman–Crippen MR) is 57.6 cm³/mol. The second kappa shape index (κ2) is 3.03. The first-order valence-electron chi connectivity index (χ1n) is 4.17. The molecule has 0 bridgehead atoms. The van der Waals surface area contributed by atoms with Crippen LogP contribution in [0, 0.1) is 0 Å². The number of nitrogens with zero attached hydrogens (tertiary/aromatic N) is 1. The summed E-state index contributed by atoms with van der Waals surface area (Å²) in [5.74, 6) is -0.0139. The van der Waals surface area contributed by atoms with E-state index in [-0.39, 0.29) is 5.78 Å². The number of halogens is 1. The van der Waals surface area contributed by atoms with Gasteiger partial charge in [0.25, 0.3) is 0 Å².